The first kappa shape index (κ1) is 12.0. The first-order valence-electron chi connectivity index (χ1n) is 2.97. The smallest absolute Gasteiger partial charge is 1.00 e. The van der Waals surface area contributed by atoms with E-state index in [9.17, 15) is 4.79 Å². The fraction of sp³-hybridized carbons (Fsp3) is 0.833. The largest absolute Gasteiger partial charge is 2.00 e. The summed E-state index contributed by atoms with van der Waals surface area (Å²) in [5.41, 5.74) is 0. The Morgan fingerprint density at radius 3 is 2.67 bits per heavy atom. The molecule has 0 amide bonds. The van der Waals surface area contributed by atoms with E-state index in [-0.39, 0.29) is 25.9 Å². The molecule has 0 aromatic carbocycles. The van der Waals surface area contributed by atoms with Crippen molar-refractivity contribution >= 4 is 29.5 Å². The van der Waals surface area contributed by atoms with E-state index in [2.05, 4.69) is 11.7 Å². The van der Waals surface area contributed by atoms with E-state index in [1.807, 2.05) is 0 Å². The van der Waals surface area contributed by atoms with Crippen LogP contribution in [0, 0.1) is 0 Å². The van der Waals surface area contributed by atoms with E-state index in [0.29, 0.717) is 13.1 Å². The normalized spacial score (nSPS) is 7.67. The molecule has 0 atom stereocenters. The van der Waals surface area contributed by atoms with Gasteiger partial charge in [-0.05, 0) is 6.42 Å². The zero-order chi connectivity index (χ0) is 6.24. The second kappa shape index (κ2) is 11.1. The van der Waals surface area contributed by atoms with Crippen LogP contribution < -0.4 is 0 Å². The van der Waals surface area contributed by atoms with E-state index in [1.54, 1.807) is 0 Å². The summed E-state index contributed by atoms with van der Waals surface area (Å²) >= 11 is 0. The van der Waals surface area contributed by atoms with Crippen molar-refractivity contribution < 1.29 is 12.4 Å². The van der Waals surface area contributed by atoms with Crippen LogP contribution in [-0.4, -0.2) is 36.1 Å². The summed E-state index contributed by atoms with van der Waals surface area (Å²) in [5, 5.41) is 0. The molecule has 0 aliphatic carbocycles. The average Bonchev–Trinajstić information content (AvgIpc) is 1.81. The summed E-state index contributed by atoms with van der Waals surface area (Å²) in [6.45, 7) is 3.19. The first-order valence-corrected chi connectivity index (χ1v) is 2.97. The van der Waals surface area contributed by atoms with Crippen molar-refractivity contribution in [2.24, 2.45) is 0 Å². The van der Waals surface area contributed by atoms with Crippen molar-refractivity contribution in [2.75, 3.05) is 6.61 Å². The summed E-state index contributed by atoms with van der Waals surface area (Å²) in [4.78, 5) is 9.55. The molecule has 0 N–H and O–H groups in total. The van der Waals surface area contributed by atoms with Gasteiger partial charge in [0.2, 0.25) is 0 Å². The van der Waals surface area contributed by atoms with Crippen LogP contribution in [0.5, 0.6) is 0 Å². The summed E-state index contributed by atoms with van der Waals surface area (Å²) < 4.78 is 4.46. The summed E-state index contributed by atoms with van der Waals surface area (Å²) in [6.07, 6.45) is 3.31. The second-order valence-electron chi connectivity index (χ2n) is 1.67. The topological polar surface area (TPSA) is 26.3 Å². The summed E-state index contributed by atoms with van der Waals surface area (Å²) in [7, 11) is 0. The molecule has 3 heteroatoms. The maximum Gasteiger partial charge on any atom is 2.00 e. The van der Waals surface area contributed by atoms with Crippen molar-refractivity contribution in [3.63, 3.8) is 0 Å². The van der Waals surface area contributed by atoms with Gasteiger partial charge in [0.05, 0.1) is 6.61 Å². The van der Waals surface area contributed by atoms with Crippen molar-refractivity contribution in [3.05, 3.63) is 0 Å². The van der Waals surface area contributed by atoms with Gasteiger partial charge in [0, 0.05) is 0 Å². The molecule has 52 valence electrons. The Morgan fingerprint density at radius 1 is 1.56 bits per heavy atom. The Bertz CT molecular complexity index is 64.5. The molecule has 0 unspecified atom stereocenters. The Hall–Kier alpha value is 0.236. The monoisotopic (exact) mass is 142 g/mol. The third-order valence-electron chi connectivity index (χ3n) is 0.934. The zero-order valence-electron chi connectivity index (χ0n) is 7.93. The predicted octanol–water partition coefficient (Wildman–Crippen LogP) is 1.19. The molecule has 0 fully saturated rings. The molecule has 0 rings (SSSR count). The van der Waals surface area contributed by atoms with Gasteiger partial charge in [-0.2, -0.15) is 0 Å². The van der Waals surface area contributed by atoms with Crippen LogP contribution in [0.4, 0.5) is 0 Å². The first-order chi connectivity index (χ1) is 3.91. The molecule has 0 saturated carbocycles. The third kappa shape index (κ3) is 11.7. The average molecular weight is 142 g/mol. The van der Waals surface area contributed by atoms with Crippen LogP contribution in [0.25, 0.3) is 0 Å². The SMILES string of the molecule is CCCCCOC=O.[H-].[H-].[Mg+2]. The number of rotatable bonds is 5. The van der Waals surface area contributed by atoms with E-state index < -0.39 is 0 Å². The molecule has 0 aliphatic rings. The molecule has 0 aromatic rings. The van der Waals surface area contributed by atoms with Crippen LogP contribution in [0.15, 0.2) is 0 Å². The van der Waals surface area contributed by atoms with Crippen LogP contribution in [0.2, 0.25) is 0 Å². The number of hydrogen-bond donors (Lipinski definition) is 0. The van der Waals surface area contributed by atoms with E-state index >= 15 is 0 Å². The van der Waals surface area contributed by atoms with E-state index in [4.69, 9.17) is 0 Å². The van der Waals surface area contributed by atoms with Crippen LogP contribution in [0.3, 0.4) is 0 Å². The van der Waals surface area contributed by atoms with Crippen molar-refractivity contribution in [1.82, 2.24) is 0 Å². The van der Waals surface area contributed by atoms with Gasteiger partial charge in [0.15, 0.2) is 0 Å². The molecule has 0 aromatic heterocycles. The quantitative estimate of drug-likeness (QED) is 0.328. The Kier molecular flexibility index (Phi) is 14.7. The maximum atomic E-state index is 9.55. The standard InChI is InChI=1S/C6H12O2.Mg.2H/c1-2-3-4-5-8-6-7;;;/h6H,2-5H2,1H3;;;/q;+2;2*-1. The van der Waals surface area contributed by atoms with Crippen molar-refractivity contribution in [1.29, 1.82) is 0 Å². The Labute approximate surface area is 75.1 Å². The fourth-order valence-electron chi connectivity index (χ4n) is 0.484. The molecular weight excluding hydrogens is 128 g/mol. The van der Waals surface area contributed by atoms with Gasteiger partial charge >= 0.3 is 23.1 Å². The minimum Gasteiger partial charge on any atom is -1.00 e. The number of carbonyl (C=O) groups excluding carboxylic acids is 1. The van der Waals surface area contributed by atoms with Crippen LogP contribution >= 0.6 is 0 Å². The minimum atomic E-state index is 0. The second-order valence-corrected chi connectivity index (χ2v) is 1.67. The number of hydrogen-bond acceptors (Lipinski definition) is 2. The third-order valence-corrected chi connectivity index (χ3v) is 0.934. The summed E-state index contributed by atoms with van der Waals surface area (Å²) in [6, 6.07) is 0. The number of carbonyl (C=O) groups is 1. The molecule has 0 aliphatic heterocycles. The van der Waals surface area contributed by atoms with E-state index in [1.165, 1.54) is 6.42 Å². The molecular formula is C6H14MgO2. The van der Waals surface area contributed by atoms with Crippen molar-refractivity contribution in [2.45, 2.75) is 26.2 Å². The van der Waals surface area contributed by atoms with E-state index in [0.717, 1.165) is 12.8 Å². The number of ether oxygens (including phenoxy) is 1. The fourth-order valence-corrected chi connectivity index (χ4v) is 0.484. The van der Waals surface area contributed by atoms with Crippen molar-refractivity contribution in [3.8, 4) is 0 Å². The minimum absolute atomic E-state index is 0. The van der Waals surface area contributed by atoms with Gasteiger partial charge in [0.1, 0.15) is 0 Å². The van der Waals surface area contributed by atoms with Gasteiger partial charge in [0.25, 0.3) is 6.47 Å². The molecule has 0 spiro atoms. The molecule has 2 nitrogen and oxygen atoms in total. The van der Waals surface area contributed by atoms with Crippen LogP contribution in [0.1, 0.15) is 29.0 Å². The number of unbranched alkanes of at least 4 members (excludes halogenated alkanes) is 2. The molecule has 0 saturated heterocycles. The van der Waals surface area contributed by atoms with Gasteiger partial charge in [-0.3, -0.25) is 4.79 Å². The maximum absolute atomic E-state index is 9.55. The summed E-state index contributed by atoms with van der Waals surface area (Å²) in [5.74, 6) is 0. The molecule has 0 radical (unpaired) electrons. The Morgan fingerprint density at radius 2 is 2.22 bits per heavy atom. The molecule has 9 heavy (non-hydrogen) atoms. The zero-order valence-corrected chi connectivity index (χ0v) is 7.34. The van der Waals surface area contributed by atoms with Gasteiger partial charge in [-0.25, -0.2) is 0 Å². The molecule has 0 bridgehead atoms. The van der Waals surface area contributed by atoms with Crippen LogP contribution in [-0.2, 0) is 9.53 Å². The van der Waals surface area contributed by atoms with Gasteiger partial charge in [-0.15, -0.1) is 0 Å². The van der Waals surface area contributed by atoms with Gasteiger partial charge < -0.3 is 7.59 Å². The molecule has 0 heterocycles. The Balaban J connectivity index is -0.0000000817. The predicted molar refractivity (Wildman–Crippen MR) is 39.5 cm³/mol. The van der Waals surface area contributed by atoms with Gasteiger partial charge in [-0.1, -0.05) is 19.8 Å².